The fraction of sp³-hybridized carbons (Fsp3) is 0.885. The molecule has 3 rings (SSSR count). The minimum absolute atomic E-state index is 0.497. The van der Waals surface area contributed by atoms with Gasteiger partial charge in [-0.05, 0) is 6.92 Å². The van der Waals surface area contributed by atoms with Gasteiger partial charge < -0.3 is 74.6 Å². The summed E-state index contributed by atoms with van der Waals surface area (Å²) < 4.78 is 40.1. The molecule has 18 heteroatoms. The van der Waals surface area contributed by atoms with Crippen LogP contribution in [0.15, 0.2) is 0 Å². The molecule has 0 bridgehead atoms. The lowest BCUT2D eigenvalue weighted by molar-refractivity contribution is -0.348. The standard InChI is InChI=1S/C26H45N3O15/c1-9-21(43-26-17(29-12(4)34)19(36)22(38-5)13(7-30)42-26)18(35)16(28-11(3)33)25(40-9)44-23-14(8-31)41-24(39-6)15(20(23)37)27-10(2)32/h9,13-26,30-31,35-37H,7-8H2,1-6H3,(H,27,32)(H,28,33)(H,29,34)/t9?,13?,14?,15?,16?,17?,18?,19?,20?,21-,22-,23-,24-,25?,26+/m1/s1. The molecule has 3 amide bonds. The molecule has 10 unspecified atom stereocenters. The highest BCUT2D eigenvalue weighted by molar-refractivity contribution is 5.74. The topological polar surface area (TPSA) is 253 Å². The van der Waals surface area contributed by atoms with Crippen LogP contribution in [0.4, 0.5) is 0 Å². The molecule has 8 N–H and O–H groups in total. The molecule has 0 aliphatic carbocycles. The molecule has 3 saturated heterocycles. The highest BCUT2D eigenvalue weighted by Crippen LogP contribution is 2.33. The Bertz CT molecular complexity index is 977. The predicted octanol–water partition coefficient (Wildman–Crippen LogP) is -4.81. The van der Waals surface area contributed by atoms with Crippen molar-refractivity contribution in [2.45, 2.75) is 120 Å². The van der Waals surface area contributed by atoms with Crippen molar-refractivity contribution in [3.63, 3.8) is 0 Å². The van der Waals surface area contributed by atoms with Gasteiger partial charge in [-0.3, -0.25) is 14.4 Å². The zero-order chi connectivity index (χ0) is 32.9. The van der Waals surface area contributed by atoms with Crippen LogP contribution in [-0.4, -0.2) is 163 Å². The van der Waals surface area contributed by atoms with Crippen molar-refractivity contribution in [3.8, 4) is 0 Å². The highest BCUT2D eigenvalue weighted by Gasteiger charge is 2.54. The predicted molar refractivity (Wildman–Crippen MR) is 144 cm³/mol. The normalized spacial score (nSPS) is 42.8. The van der Waals surface area contributed by atoms with E-state index in [4.69, 9.17) is 33.2 Å². The fourth-order valence-corrected chi connectivity index (χ4v) is 5.71. The Morgan fingerprint density at radius 1 is 0.614 bits per heavy atom. The molecule has 254 valence electrons. The van der Waals surface area contributed by atoms with Gasteiger partial charge in [0.25, 0.3) is 0 Å². The molecule has 3 heterocycles. The van der Waals surface area contributed by atoms with Gasteiger partial charge in [-0.15, -0.1) is 0 Å². The number of methoxy groups -OCH3 is 2. The van der Waals surface area contributed by atoms with E-state index in [9.17, 15) is 39.9 Å². The Balaban J connectivity index is 1.87. The summed E-state index contributed by atoms with van der Waals surface area (Å²) in [6.07, 6.45) is -15.2. The first kappa shape index (κ1) is 36.4. The van der Waals surface area contributed by atoms with Gasteiger partial charge in [0.15, 0.2) is 18.9 Å². The summed E-state index contributed by atoms with van der Waals surface area (Å²) in [5.74, 6) is -1.61. The minimum Gasteiger partial charge on any atom is -0.394 e. The fourth-order valence-electron chi connectivity index (χ4n) is 5.71. The maximum absolute atomic E-state index is 12.2. The molecule has 0 aromatic rings. The van der Waals surface area contributed by atoms with Crippen LogP contribution in [0.5, 0.6) is 0 Å². The van der Waals surface area contributed by atoms with Gasteiger partial charge in [-0.25, -0.2) is 0 Å². The molecule has 0 aromatic heterocycles. The van der Waals surface area contributed by atoms with E-state index in [1.165, 1.54) is 41.9 Å². The maximum Gasteiger partial charge on any atom is 0.217 e. The molecule has 3 fully saturated rings. The SMILES string of the molecule is CO[C@@H]1OC(CO)[C@@H](OC2OC(C)[C@@H](O[C@@H]3OC(CO)[C@@H](OC)C(O)C3NC(C)=O)C(O)C2NC(C)=O)C(O)C1NC(C)=O. The molecule has 0 aromatic carbocycles. The molecule has 18 nitrogen and oxygen atoms in total. The molecule has 44 heavy (non-hydrogen) atoms. The lowest BCUT2D eigenvalue weighted by Gasteiger charge is -2.50. The number of aliphatic hydroxyl groups excluding tert-OH is 5. The summed E-state index contributed by atoms with van der Waals surface area (Å²) in [4.78, 5) is 35.9. The van der Waals surface area contributed by atoms with E-state index in [1.807, 2.05) is 0 Å². The van der Waals surface area contributed by atoms with Gasteiger partial charge in [0.05, 0.1) is 19.3 Å². The van der Waals surface area contributed by atoms with Gasteiger partial charge in [-0.1, -0.05) is 0 Å². The van der Waals surface area contributed by atoms with Crippen molar-refractivity contribution < 1.29 is 73.1 Å². The molecule has 3 aliphatic rings. The average Bonchev–Trinajstić information content (AvgIpc) is 2.96. The average molecular weight is 640 g/mol. The number of carbonyl (C=O) groups excluding carboxylic acids is 3. The molecule has 0 radical (unpaired) electrons. The highest BCUT2D eigenvalue weighted by atomic mass is 16.7. The zero-order valence-electron chi connectivity index (χ0n) is 25.4. The minimum atomic E-state index is -1.56. The van der Waals surface area contributed by atoms with E-state index >= 15 is 0 Å². The van der Waals surface area contributed by atoms with Crippen LogP contribution >= 0.6 is 0 Å². The molecular weight excluding hydrogens is 594 g/mol. The second-order valence-corrected chi connectivity index (χ2v) is 10.9. The van der Waals surface area contributed by atoms with Crippen molar-refractivity contribution in [3.05, 3.63) is 0 Å². The summed E-state index contributed by atoms with van der Waals surface area (Å²) in [6, 6.07) is -3.62. The lowest BCUT2D eigenvalue weighted by Crippen LogP contribution is -2.70. The Labute approximate surface area is 254 Å². The monoisotopic (exact) mass is 639 g/mol. The summed E-state index contributed by atoms with van der Waals surface area (Å²) in [6.45, 7) is 3.96. The Morgan fingerprint density at radius 2 is 1.00 bits per heavy atom. The molecular formula is C26H45N3O15. The number of hydrogen-bond acceptors (Lipinski definition) is 15. The van der Waals surface area contributed by atoms with E-state index in [-0.39, 0.29) is 0 Å². The lowest BCUT2D eigenvalue weighted by atomic mass is 9.94. The third-order valence-corrected chi connectivity index (χ3v) is 7.71. The number of rotatable bonds is 11. The summed E-state index contributed by atoms with van der Waals surface area (Å²) in [7, 11) is 2.59. The quantitative estimate of drug-likeness (QED) is 0.106. The van der Waals surface area contributed by atoms with E-state index in [2.05, 4.69) is 16.0 Å². The Hall–Kier alpha value is -2.07. The van der Waals surface area contributed by atoms with Crippen LogP contribution < -0.4 is 16.0 Å². The first-order chi connectivity index (χ1) is 20.8. The Morgan fingerprint density at radius 3 is 1.45 bits per heavy atom. The smallest absolute Gasteiger partial charge is 0.217 e. The van der Waals surface area contributed by atoms with Crippen molar-refractivity contribution >= 4 is 17.7 Å². The van der Waals surface area contributed by atoms with E-state index < -0.39 is 123 Å². The maximum atomic E-state index is 12.2. The van der Waals surface area contributed by atoms with E-state index in [0.717, 1.165) is 0 Å². The zero-order valence-corrected chi connectivity index (χ0v) is 25.4. The van der Waals surface area contributed by atoms with Gasteiger partial charge in [0.1, 0.15) is 67.0 Å². The summed E-state index contributed by atoms with van der Waals surface area (Å²) in [5.41, 5.74) is 0. The Kier molecular flexibility index (Phi) is 13.2. The molecule has 15 atom stereocenters. The number of amides is 3. The number of aliphatic hydroxyl groups is 5. The van der Waals surface area contributed by atoms with Crippen molar-refractivity contribution in [1.29, 1.82) is 0 Å². The number of nitrogens with one attached hydrogen (secondary N) is 3. The van der Waals surface area contributed by atoms with E-state index in [0.29, 0.717) is 0 Å². The van der Waals surface area contributed by atoms with Gasteiger partial charge >= 0.3 is 0 Å². The number of hydrogen-bond donors (Lipinski definition) is 8. The molecule has 0 saturated carbocycles. The van der Waals surface area contributed by atoms with Crippen molar-refractivity contribution in [2.24, 2.45) is 0 Å². The van der Waals surface area contributed by atoms with E-state index in [1.54, 1.807) is 0 Å². The van der Waals surface area contributed by atoms with Crippen LogP contribution in [0.25, 0.3) is 0 Å². The van der Waals surface area contributed by atoms with Crippen molar-refractivity contribution in [1.82, 2.24) is 16.0 Å². The van der Waals surface area contributed by atoms with Crippen LogP contribution in [0.3, 0.4) is 0 Å². The van der Waals surface area contributed by atoms with Gasteiger partial charge in [0.2, 0.25) is 17.7 Å². The van der Waals surface area contributed by atoms with Crippen LogP contribution in [0.1, 0.15) is 27.7 Å². The van der Waals surface area contributed by atoms with Gasteiger partial charge in [-0.2, -0.15) is 0 Å². The van der Waals surface area contributed by atoms with Crippen LogP contribution in [0, 0.1) is 0 Å². The third-order valence-electron chi connectivity index (χ3n) is 7.71. The number of carbonyl (C=O) groups is 3. The summed E-state index contributed by atoms with van der Waals surface area (Å²) in [5, 5.41) is 61.0. The first-order valence-electron chi connectivity index (χ1n) is 14.2. The van der Waals surface area contributed by atoms with Gasteiger partial charge in [0, 0.05) is 35.0 Å². The number of ether oxygens (including phenoxy) is 7. The summed E-state index contributed by atoms with van der Waals surface area (Å²) >= 11 is 0. The van der Waals surface area contributed by atoms with Crippen molar-refractivity contribution in [2.75, 3.05) is 27.4 Å². The third kappa shape index (κ3) is 8.20. The second-order valence-electron chi connectivity index (χ2n) is 10.9. The molecule has 3 aliphatic heterocycles. The van der Waals surface area contributed by atoms with Crippen LogP contribution in [-0.2, 0) is 47.5 Å². The second kappa shape index (κ2) is 16.0. The van der Waals surface area contributed by atoms with Crippen LogP contribution in [0.2, 0.25) is 0 Å². The first-order valence-corrected chi connectivity index (χ1v) is 14.2. The molecule has 0 spiro atoms. The largest absolute Gasteiger partial charge is 0.394 e.